The third-order valence-electron chi connectivity index (χ3n) is 5.38. The van der Waals surface area contributed by atoms with E-state index in [1.807, 2.05) is 23.9 Å². The summed E-state index contributed by atoms with van der Waals surface area (Å²) in [4.78, 5) is 4.85. The number of hydrogen-bond acceptors (Lipinski definition) is 3. The summed E-state index contributed by atoms with van der Waals surface area (Å²) < 4.78 is 14.2. The molecule has 30 heavy (non-hydrogen) atoms. The maximum Gasteiger partial charge on any atom is 0.191 e. The highest BCUT2D eigenvalue weighted by Gasteiger charge is 2.26. The van der Waals surface area contributed by atoms with Crippen LogP contribution in [0.15, 0.2) is 47.7 Å². The molecule has 166 valence electrons. The van der Waals surface area contributed by atoms with E-state index in [1.54, 1.807) is 6.20 Å². The van der Waals surface area contributed by atoms with E-state index in [0.29, 0.717) is 17.8 Å². The summed E-state index contributed by atoms with van der Waals surface area (Å²) in [6.45, 7) is 6.27. The van der Waals surface area contributed by atoms with Gasteiger partial charge in [-0.25, -0.2) is 4.99 Å². The molecule has 1 aliphatic carbocycles. The second-order valence-corrected chi connectivity index (χ2v) is 9.47. The van der Waals surface area contributed by atoms with Gasteiger partial charge >= 0.3 is 0 Å². The Morgan fingerprint density at radius 1 is 1.23 bits per heavy atom. The molecule has 1 fully saturated rings. The van der Waals surface area contributed by atoms with Crippen LogP contribution in [0.3, 0.4) is 0 Å². The SMILES string of the molecule is CCNC(=NCc1ccccc1Cn1cccn1)NC1CCCC(S(=O)CC)C1.I. The van der Waals surface area contributed by atoms with Crippen LogP contribution in [0.25, 0.3) is 0 Å². The smallest absolute Gasteiger partial charge is 0.191 e. The van der Waals surface area contributed by atoms with Gasteiger partial charge in [0.25, 0.3) is 0 Å². The number of aromatic nitrogens is 2. The Hall–Kier alpha value is -1.42. The Kier molecular flexibility index (Phi) is 10.8. The first-order valence-electron chi connectivity index (χ1n) is 10.7. The van der Waals surface area contributed by atoms with E-state index in [-0.39, 0.29) is 24.0 Å². The van der Waals surface area contributed by atoms with E-state index in [4.69, 9.17) is 4.99 Å². The number of hydrogen-bond donors (Lipinski definition) is 2. The van der Waals surface area contributed by atoms with Crippen LogP contribution in [0.1, 0.15) is 50.7 Å². The summed E-state index contributed by atoms with van der Waals surface area (Å²) in [5.74, 6) is 1.59. The van der Waals surface area contributed by atoms with E-state index in [2.05, 4.69) is 46.9 Å². The highest BCUT2D eigenvalue weighted by atomic mass is 127. The topological polar surface area (TPSA) is 71.3 Å². The van der Waals surface area contributed by atoms with Gasteiger partial charge in [0.2, 0.25) is 0 Å². The first-order valence-corrected chi connectivity index (χ1v) is 12.0. The number of benzene rings is 1. The van der Waals surface area contributed by atoms with Gasteiger partial charge in [-0.05, 0) is 43.4 Å². The summed E-state index contributed by atoms with van der Waals surface area (Å²) in [5, 5.41) is 11.6. The number of nitrogens with one attached hydrogen (secondary N) is 2. The van der Waals surface area contributed by atoms with Crippen LogP contribution in [0.4, 0.5) is 0 Å². The van der Waals surface area contributed by atoms with Crippen molar-refractivity contribution in [2.24, 2.45) is 4.99 Å². The molecule has 3 atom stereocenters. The summed E-state index contributed by atoms with van der Waals surface area (Å²) in [6.07, 6.45) is 8.05. The molecule has 2 N–H and O–H groups in total. The van der Waals surface area contributed by atoms with Gasteiger partial charge in [-0.15, -0.1) is 24.0 Å². The lowest BCUT2D eigenvalue weighted by atomic mass is 9.95. The Bertz CT molecular complexity index is 812. The molecule has 0 bridgehead atoms. The molecule has 1 saturated carbocycles. The molecule has 2 aromatic rings. The molecule has 0 amide bonds. The number of rotatable bonds is 8. The lowest BCUT2D eigenvalue weighted by Gasteiger charge is -2.30. The number of halogens is 1. The first-order chi connectivity index (χ1) is 14.2. The predicted molar refractivity (Wildman–Crippen MR) is 136 cm³/mol. The van der Waals surface area contributed by atoms with Crippen molar-refractivity contribution in [3.63, 3.8) is 0 Å². The summed E-state index contributed by atoms with van der Waals surface area (Å²) in [5.41, 5.74) is 2.43. The zero-order valence-corrected chi connectivity index (χ0v) is 21.1. The fraction of sp³-hybridized carbons (Fsp3) is 0.545. The number of aliphatic imine (C=N–C) groups is 1. The normalized spacial score (nSPS) is 20.3. The third kappa shape index (κ3) is 7.37. The Morgan fingerprint density at radius 3 is 2.73 bits per heavy atom. The van der Waals surface area contributed by atoms with E-state index in [9.17, 15) is 4.21 Å². The monoisotopic (exact) mass is 543 g/mol. The largest absolute Gasteiger partial charge is 0.357 e. The average molecular weight is 544 g/mol. The van der Waals surface area contributed by atoms with E-state index < -0.39 is 10.8 Å². The molecule has 3 rings (SSSR count). The van der Waals surface area contributed by atoms with Crippen molar-refractivity contribution < 1.29 is 4.21 Å². The van der Waals surface area contributed by atoms with Crippen LogP contribution in [-0.4, -0.2) is 43.5 Å². The van der Waals surface area contributed by atoms with Gasteiger partial charge < -0.3 is 10.6 Å². The van der Waals surface area contributed by atoms with Gasteiger partial charge in [-0.2, -0.15) is 5.10 Å². The molecule has 6 nitrogen and oxygen atoms in total. The van der Waals surface area contributed by atoms with Crippen LogP contribution in [0, 0.1) is 0 Å². The summed E-state index contributed by atoms with van der Waals surface area (Å²) in [6, 6.07) is 10.7. The van der Waals surface area contributed by atoms with Gasteiger partial charge in [0.05, 0.1) is 13.1 Å². The zero-order chi connectivity index (χ0) is 20.5. The predicted octanol–water partition coefficient (Wildman–Crippen LogP) is 3.68. The summed E-state index contributed by atoms with van der Waals surface area (Å²) >= 11 is 0. The standard InChI is InChI=1S/C22H33N5OS.HI/c1-3-23-22(26-20-11-7-12-21(15-20)29(28)4-2)24-16-18-9-5-6-10-19(18)17-27-14-8-13-25-27;/h5-6,8-10,13-14,20-21H,3-4,7,11-12,15-17H2,1-2H3,(H2,23,24,26);1H. The molecule has 0 radical (unpaired) electrons. The number of guanidine groups is 1. The van der Waals surface area contributed by atoms with Crippen LogP contribution < -0.4 is 10.6 Å². The molecule has 1 aromatic heterocycles. The fourth-order valence-corrected chi connectivity index (χ4v) is 5.21. The van der Waals surface area contributed by atoms with Crippen molar-refractivity contribution in [2.75, 3.05) is 12.3 Å². The number of nitrogens with zero attached hydrogens (tertiary/aromatic N) is 3. The first kappa shape index (κ1) is 24.8. The lowest BCUT2D eigenvalue weighted by molar-refractivity contribution is 0.413. The van der Waals surface area contributed by atoms with Crippen molar-refractivity contribution in [3.8, 4) is 0 Å². The highest BCUT2D eigenvalue weighted by molar-refractivity contribution is 14.0. The molecule has 3 unspecified atom stereocenters. The Labute approximate surface area is 199 Å². The van der Waals surface area contributed by atoms with Gasteiger partial charge in [-0.3, -0.25) is 8.89 Å². The Balaban J connectivity index is 0.00000320. The van der Waals surface area contributed by atoms with Crippen molar-refractivity contribution >= 4 is 40.7 Å². The quantitative estimate of drug-likeness (QED) is 0.303. The zero-order valence-electron chi connectivity index (χ0n) is 17.9. The van der Waals surface area contributed by atoms with Gasteiger partial charge in [0, 0.05) is 46.8 Å². The third-order valence-corrected chi connectivity index (χ3v) is 7.13. The van der Waals surface area contributed by atoms with Crippen LogP contribution in [0.5, 0.6) is 0 Å². The van der Waals surface area contributed by atoms with E-state index in [0.717, 1.165) is 50.5 Å². The molecular weight excluding hydrogens is 509 g/mol. The molecule has 0 aliphatic heterocycles. The van der Waals surface area contributed by atoms with Crippen LogP contribution in [-0.2, 0) is 23.9 Å². The van der Waals surface area contributed by atoms with Crippen molar-refractivity contribution in [1.29, 1.82) is 0 Å². The van der Waals surface area contributed by atoms with E-state index in [1.165, 1.54) is 11.1 Å². The minimum Gasteiger partial charge on any atom is -0.357 e. The second kappa shape index (κ2) is 13.1. The Morgan fingerprint density at radius 2 is 2.03 bits per heavy atom. The van der Waals surface area contributed by atoms with Crippen LogP contribution >= 0.6 is 24.0 Å². The van der Waals surface area contributed by atoms with Gasteiger partial charge in [0.1, 0.15) is 0 Å². The van der Waals surface area contributed by atoms with E-state index >= 15 is 0 Å². The average Bonchev–Trinajstić information content (AvgIpc) is 3.26. The molecule has 1 aliphatic rings. The lowest BCUT2D eigenvalue weighted by Crippen LogP contribution is -2.46. The molecule has 1 heterocycles. The van der Waals surface area contributed by atoms with Gasteiger partial charge in [-0.1, -0.05) is 37.6 Å². The molecular formula is C22H34IN5OS. The van der Waals surface area contributed by atoms with Crippen molar-refractivity contribution in [3.05, 3.63) is 53.9 Å². The fourth-order valence-electron chi connectivity index (χ4n) is 3.86. The van der Waals surface area contributed by atoms with Crippen molar-refractivity contribution in [1.82, 2.24) is 20.4 Å². The maximum atomic E-state index is 12.2. The molecule has 8 heteroatoms. The van der Waals surface area contributed by atoms with Crippen molar-refractivity contribution in [2.45, 2.75) is 63.9 Å². The van der Waals surface area contributed by atoms with Gasteiger partial charge in [0.15, 0.2) is 5.96 Å². The highest BCUT2D eigenvalue weighted by Crippen LogP contribution is 2.23. The minimum atomic E-state index is -0.714. The van der Waals surface area contributed by atoms with Crippen LogP contribution in [0.2, 0.25) is 0 Å². The minimum absolute atomic E-state index is 0. The molecule has 0 spiro atoms. The second-order valence-electron chi connectivity index (χ2n) is 7.47. The molecule has 1 aromatic carbocycles. The maximum absolute atomic E-state index is 12.2. The summed E-state index contributed by atoms with van der Waals surface area (Å²) in [7, 11) is -0.714. The molecule has 0 saturated heterocycles.